The molecule has 0 aliphatic rings. The molecule has 0 aromatic heterocycles. The number of phenolic OH excluding ortho intramolecular Hbond substituents is 3. The van der Waals surface area contributed by atoms with Crippen LogP contribution < -0.4 is 10.2 Å². The lowest BCUT2D eigenvalue weighted by atomic mass is 10.2. The highest BCUT2D eigenvalue weighted by atomic mass is 16.5. The lowest BCUT2D eigenvalue weighted by Gasteiger charge is -2.04. The summed E-state index contributed by atoms with van der Waals surface area (Å²) in [4.78, 5) is 11.8. The van der Waals surface area contributed by atoms with E-state index in [0.29, 0.717) is 5.56 Å². The second kappa shape index (κ2) is 6.49. The van der Waals surface area contributed by atoms with Crippen LogP contribution in [0.2, 0.25) is 0 Å². The summed E-state index contributed by atoms with van der Waals surface area (Å²) in [5.74, 6) is -0.755. The second-order valence-electron chi connectivity index (χ2n) is 4.37. The van der Waals surface area contributed by atoms with Gasteiger partial charge in [0.1, 0.15) is 11.5 Å². The van der Waals surface area contributed by atoms with Crippen LogP contribution in [-0.4, -0.2) is 34.6 Å². The minimum atomic E-state index is -0.590. The number of hydrogen-bond acceptors (Lipinski definition) is 6. The summed E-state index contributed by atoms with van der Waals surface area (Å²) in [6.07, 6.45) is 1.36. The smallest absolute Gasteiger partial charge is 0.271 e. The largest absolute Gasteiger partial charge is 0.508 e. The Balaban J connectivity index is 2.07. The number of nitrogens with zero attached hydrogens (tertiary/aromatic N) is 1. The van der Waals surface area contributed by atoms with E-state index < -0.39 is 5.91 Å². The van der Waals surface area contributed by atoms with Gasteiger partial charge in [0.15, 0.2) is 11.5 Å². The van der Waals surface area contributed by atoms with Crippen LogP contribution in [0.3, 0.4) is 0 Å². The zero-order valence-corrected chi connectivity index (χ0v) is 11.6. The minimum absolute atomic E-state index is 0.000999. The van der Waals surface area contributed by atoms with Gasteiger partial charge in [-0.05, 0) is 35.9 Å². The van der Waals surface area contributed by atoms with Crippen molar-refractivity contribution in [2.75, 3.05) is 7.11 Å². The zero-order chi connectivity index (χ0) is 16.1. The Kier molecular flexibility index (Phi) is 4.47. The molecule has 0 saturated heterocycles. The Bertz CT molecular complexity index is 708. The number of amides is 1. The molecule has 7 heteroatoms. The van der Waals surface area contributed by atoms with E-state index in [1.807, 2.05) is 0 Å². The molecule has 2 aromatic rings. The first-order valence-corrected chi connectivity index (χ1v) is 6.23. The molecule has 0 atom stereocenters. The molecule has 7 nitrogen and oxygen atoms in total. The third-order valence-electron chi connectivity index (χ3n) is 2.75. The predicted molar refractivity (Wildman–Crippen MR) is 79.5 cm³/mol. The fraction of sp³-hybridized carbons (Fsp3) is 0.0667. The molecule has 2 rings (SSSR count). The molecule has 0 saturated carbocycles. The van der Waals surface area contributed by atoms with Crippen LogP contribution in [0.5, 0.6) is 23.0 Å². The van der Waals surface area contributed by atoms with Crippen LogP contribution in [0.1, 0.15) is 15.9 Å². The number of benzene rings is 2. The van der Waals surface area contributed by atoms with Gasteiger partial charge in [0.25, 0.3) is 5.91 Å². The molecule has 0 bridgehead atoms. The molecule has 0 radical (unpaired) electrons. The summed E-state index contributed by atoms with van der Waals surface area (Å²) in [5, 5.41) is 31.8. The summed E-state index contributed by atoms with van der Waals surface area (Å²) in [6.45, 7) is 0. The van der Waals surface area contributed by atoms with Crippen LogP contribution in [0.4, 0.5) is 0 Å². The van der Waals surface area contributed by atoms with Gasteiger partial charge in [-0.2, -0.15) is 5.10 Å². The average molecular weight is 302 g/mol. The van der Waals surface area contributed by atoms with Crippen molar-refractivity contribution in [3.05, 3.63) is 47.5 Å². The molecule has 22 heavy (non-hydrogen) atoms. The minimum Gasteiger partial charge on any atom is -0.508 e. The first-order valence-electron chi connectivity index (χ1n) is 6.23. The van der Waals surface area contributed by atoms with Gasteiger partial charge in [-0.25, -0.2) is 5.43 Å². The Hall–Kier alpha value is -3.22. The van der Waals surface area contributed by atoms with Gasteiger partial charge < -0.3 is 20.1 Å². The fourth-order valence-corrected chi connectivity index (χ4v) is 1.73. The van der Waals surface area contributed by atoms with Crippen molar-refractivity contribution >= 4 is 12.1 Å². The quantitative estimate of drug-likeness (QED) is 0.506. The van der Waals surface area contributed by atoms with E-state index >= 15 is 0 Å². The molecule has 0 unspecified atom stereocenters. The number of hydrazone groups is 1. The summed E-state index contributed by atoms with van der Waals surface area (Å²) in [5.41, 5.74) is 2.93. The van der Waals surface area contributed by atoms with Crippen molar-refractivity contribution in [2.24, 2.45) is 5.10 Å². The summed E-state index contributed by atoms with van der Waals surface area (Å²) in [6, 6.07) is 8.10. The van der Waals surface area contributed by atoms with Crippen molar-refractivity contribution < 1.29 is 24.9 Å². The normalized spacial score (nSPS) is 10.6. The van der Waals surface area contributed by atoms with E-state index in [4.69, 9.17) is 4.74 Å². The van der Waals surface area contributed by atoms with Crippen molar-refractivity contribution in [1.82, 2.24) is 5.43 Å². The molecule has 0 heterocycles. The highest BCUT2D eigenvalue weighted by Gasteiger charge is 2.07. The molecular formula is C15H14N2O5. The summed E-state index contributed by atoms with van der Waals surface area (Å²) >= 11 is 0. The average Bonchev–Trinajstić information content (AvgIpc) is 2.47. The van der Waals surface area contributed by atoms with Crippen molar-refractivity contribution in [3.8, 4) is 23.0 Å². The topological polar surface area (TPSA) is 111 Å². The molecule has 0 aliphatic heterocycles. The van der Waals surface area contributed by atoms with E-state index in [2.05, 4.69) is 10.5 Å². The molecule has 2 aromatic carbocycles. The van der Waals surface area contributed by atoms with E-state index in [9.17, 15) is 20.1 Å². The zero-order valence-electron chi connectivity index (χ0n) is 11.6. The third kappa shape index (κ3) is 3.66. The predicted octanol–water partition coefficient (Wildman–Crippen LogP) is 1.58. The van der Waals surface area contributed by atoms with E-state index in [1.54, 1.807) is 12.1 Å². The number of ether oxygens (including phenoxy) is 1. The summed E-state index contributed by atoms with van der Waals surface area (Å²) < 4.78 is 4.95. The maximum Gasteiger partial charge on any atom is 0.271 e. The van der Waals surface area contributed by atoms with E-state index in [-0.39, 0.29) is 28.6 Å². The lowest BCUT2D eigenvalue weighted by molar-refractivity contribution is 0.0954. The number of hydrogen-bond donors (Lipinski definition) is 4. The van der Waals surface area contributed by atoms with Crippen LogP contribution >= 0.6 is 0 Å². The fourth-order valence-electron chi connectivity index (χ4n) is 1.73. The van der Waals surface area contributed by atoms with Crippen LogP contribution in [0.25, 0.3) is 0 Å². The van der Waals surface area contributed by atoms with Gasteiger partial charge in [-0.15, -0.1) is 0 Å². The molecule has 0 fully saturated rings. The van der Waals surface area contributed by atoms with Gasteiger partial charge in [-0.1, -0.05) is 0 Å². The van der Waals surface area contributed by atoms with Crippen LogP contribution in [0, 0.1) is 0 Å². The number of aromatic hydroxyl groups is 3. The molecule has 114 valence electrons. The van der Waals surface area contributed by atoms with Crippen molar-refractivity contribution in [3.63, 3.8) is 0 Å². The first kappa shape index (κ1) is 15.2. The number of rotatable bonds is 4. The van der Waals surface area contributed by atoms with Crippen LogP contribution in [-0.2, 0) is 0 Å². The van der Waals surface area contributed by atoms with E-state index in [1.165, 1.54) is 31.5 Å². The standard InChI is InChI=1S/C15H14N2O5/c1-22-14-4-9(2-3-13(14)20)8-16-17-15(21)10-5-11(18)7-12(19)6-10/h2-8,18-20H,1H3,(H,17,21). The maximum atomic E-state index is 11.8. The Morgan fingerprint density at radius 2 is 1.82 bits per heavy atom. The molecule has 0 aliphatic carbocycles. The molecular weight excluding hydrogens is 288 g/mol. The van der Waals surface area contributed by atoms with Gasteiger partial charge in [0.05, 0.1) is 13.3 Å². The second-order valence-corrected chi connectivity index (χ2v) is 4.37. The first-order chi connectivity index (χ1) is 10.5. The molecule has 4 N–H and O–H groups in total. The van der Waals surface area contributed by atoms with Crippen LogP contribution in [0.15, 0.2) is 41.5 Å². The molecule has 1 amide bonds. The van der Waals surface area contributed by atoms with Gasteiger partial charge in [-0.3, -0.25) is 4.79 Å². The number of nitrogens with one attached hydrogen (secondary N) is 1. The van der Waals surface area contributed by atoms with Gasteiger partial charge >= 0.3 is 0 Å². The number of methoxy groups -OCH3 is 1. The SMILES string of the molecule is COc1cc(C=NNC(=O)c2cc(O)cc(O)c2)ccc1O. The van der Waals surface area contributed by atoms with Gasteiger partial charge in [0, 0.05) is 11.6 Å². The van der Waals surface area contributed by atoms with Gasteiger partial charge in [0.2, 0.25) is 0 Å². The van der Waals surface area contributed by atoms with E-state index in [0.717, 1.165) is 6.07 Å². The number of phenols is 3. The highest BCUT2D eigenvalue weighted by Crippen LogP contribution is 2.25. The Morgan fingerprint density at radius 3 is 2.45 bits per heavy atom. The maximum absolute atomic E-state index is 11.8. The lowest BCUT2D eigenvalue weighted by Crippen LogP contribution is -2.17. The highest BCUT2D eigenvalue weighted by molar-refractivity contribution is 5.95. The van der Waals surface area contributed by atoms with Crippen molar-refractivity contribution in [1.29, 1.82) is 0 Å². The third-order valence-corrected chi connectivity index (χ3v) is 2.75. The Labute approximate surface area is 126 Å². The Morgan fingerprint density at radius 1 is 1.14 bits per heavy atom. The number of carbonyl (C=O) groups is 1. The summed E-state index contributed by atoms with van der Waals surface area (Å²) in [7, 11) is 1.42. The van der Waals surface area contributed by atoms with Crippen molar-refractivity contribution in [2.45, 2.75) is 0 Å². The monoisotopic (exact) mass is 302 g/mol. The molecule has 0 spiro atoms. The number of carbonyl (C=O) groups excluding carboxylic acids is 1.